The number of carbonyl (C=O) groups is 1. The maximum absolute atomic E-state index is 12.4. The van der Waals surface area contributed by atoms with Crippen LogP contribution in [0.1, 0.15) is 32.5 Å². The Balaban J connectivity index is 1.90. The van der Waals surface area contributed by atoms with E-state index in [0.717, 1.165) is 10.4 Å². The molecule has 0 unspecified atom stereocenters. The summed E-state index contributed by atoms with van der Waals surface area (Å²) in [5, 5.41) is 5.05. The van der Waals surface area contributed by atoms with Crippen LogP contribution in [0.5, 0.6) is 0 Å². The summed E-state index contributed by atoms with van der Waals surface area (Å²) in [4.78, 5) is 21.5. The van der Waals surface area contributed by atoms with Crippen LogP contribution in [-0.2, 0) is 0 Å². The molecule has 0 bridgehead atoms. The zero-order chi connectivity index (χ0) is 15.4. The van der Waals surface area contributed by atoms with Crippen molar-refractivity contribution in [1.82, 2.24) is 15.3 Å². The molecular formula is C17H15N3OS. The molecule has 5 heteroatoms. The normalized spacial score (nSPS) is 11.9. The van der Waals surface area contributed by atoms with E-state index in [0.29, 0.717) is 5.69 Å². The van der Waals surface area contributed by atoms with Crippen LogP contribution in [0.2, 0.25) is 0 Å². The van der Waals surface area contributed by atoms with E-state index in [9.17, 15) is 4.79 Å². The average molecular weight is 309 g/mol. The largest absolute Gasteiger partial charge is 0.339 e. The van der Waals surface area contributed by atoms with Crippen molar-refractivity contribution >= 4 is 17.2 Å². The number of carbonyl (C=O) groups excluding carboxylic acids is 1. The highest BCUT2D eigenvalue weighted by Gasteiger charge is 2.19. The van der Waals surface area contributed by atoms with E-state index in [-0.39, 0.29) is 11.9 Å². The summed E-state index contributed by atoms with van der Waals surface area (Å²) in [6, 6.07) is 12.0. The van der Waals surface area contributed by atoms with Gasteiger partial charge in [0.05, 0.1) is 12.2 Å². The Morgan fingerprint density at radius 3 is 2.64 bits per heavy atom. The number of aromatic nitrogens is 2. The van der Waals surface area contributed by atoms with Crippen molar-refractivity contribution in [3.05, 3.63) is 82.1 Å². The lowest BCUT2D eigenvalue weighted by molar-refractivity contribution is 0.0938. The van der Waals surface area contributed by atoms with Crippen molar-refractivity contribution in [3.63, 3.8) is 0 Å². The van der Waals surface area contributed by atoms with Crippen LogP contribution >= 0.6 is 11.3 Å². The van der Waals surface area contributed by atoms with Crippen molar-refractivity contribution < 1.29 is 4.79 Å². The van der Waals surface area contributed by atoms with Gasteiger partial charge in [-0.1, -0.05) is 35.9 Å². The number of thiophene rings is 1. The highest BCUT2D eigenvalue weighted by molar-refractivity contribution is 7.10. The van der Waals surface area contributed by atoms with Gasteiger partial charge in [-0.3, -0.25) is 9.78 Å². The minimum atomic E-state index is -0.230. The summed E-state index contributed by atoms with van der Waals surface area (Å²) < 4.78 is 0. The number of benzene rings is 1. The zero-order valence-electron chi connectivity index (χ0n) is 12.1. The molecular weight excluding hydrogens is 294 g/mol. The predicted molar refractivity (Wildman–Crippen MR) is 86.8 cm³/mol. The van der Waals surface area contributed by atoms with Crippen LogP contribution in [0.15, 0.2) is 60.4 Å². The molecule has 1 N–H and O–H groups in total. The summed E-state index contributed by atoms with van der Waals surface area (Å²) in [6.07, 6.45) is 4.53. The maximum atomic E-state index is 12.4. The van der Waals surface area contributed by atoms with E-state index >= 15 is 0 Å². The quantitative estimate of drug-likeness (QED) is 0.804. The summed E-state index contributed by atoms with van der Waals surface area (Å²) in [5.41, 5.74) is 2.55. The molecule has 0 aliphatic rings. The molecule has 0 saturated heterocycles. The number of hydrogen-bond donors (Lipinski definition) is 1. The van der Waals surface area contributed by atoms with Gasteiger partial charge in [-0.15, -0.1) is 11.3 Å². The first-order chi connectivity index (χ1) is 10.7. The average Bonchev–Trinajstić information content (AvgIpc) is 3.08. The van der Waals surface area contributed by atoms with Crippen LogP contribution in [0.3, 0.4) is 0 Å². The fourth-order valence-electron chi connectivity index (χ4n) is 2.15. The molecule has 1 atom stereocenters. The summed E-state index contributed by atoms with van der Waals surface area (Å²) in [5.74, 6) is -0.230. The smallest absolute Gasteiger partial charge is 0.272 e. The third kappa shape index (κ3) is 3.20. The minimum Gasteiger partial charge on any atom is -0.339 e. The summed E-state index contributed by atoms with van der Waals surface area (Å²) in [6.45, 7) is 2.04. The third-order valence-corrected chi connectivity index (χ3v) is 4.25. The third-order valence-electron chi connectivity index (χ3n) is 3.31. The van der Waals surface area contributed by atoms with Gasteiger partial charge in [0.1, 0.15) is 5.69 Å². The highest BCUT2D eigenvalue weighted by Crippen LogP contribution is 2.26. The number of nitrogens with zero attached hydrogens (tertiary/aromatic N) is 2. The highest BCUT2D eigenvalue weighted by atomic mass is 32.1. The molecule has 0 spiro atoms. The minimum absolute atomic E-state index is 0.185. The molecule has 4 nitrogen and oxygen atoms in total. The fourth-order valence-corrected chi connectivity index (χ4v) is 2.96. The molecule has 2 heterocycles. The summed E-state index contributed by atoms with van der Waals surface area (Å²) in [7, 11) is 0. The van der Waals surface area contributed by atoms with Gasteiger partial charge < -0.3 is 5.32 Å². The Bertz CT molecular complexity index is 739. The predicted octanol–water partition coefficient (Wildman–Crippen LogP) is 3.37. The Kier molecular flexibility index (Phi) is 4.25. The van der Waals surface area contributed by atoms with Crippen LogP contribution in [0.4, 0.5) is 0 Å². The second kappa shape index (κ2) is 6.49. The van der Waals surface area contributed by atoms with Crippen molar-refractivity contribution in [2.75, 3.05) is 0 Å². The maximum Gasteiger partial charge on any atom is 0.272 e. The molecule has 0 radical (unpaired) electrons. The van der Waals surface area contributed by atoms with E-state index < -0.39 is 0 Å². The number of nitrogens with one attached hydrogen (secondary N) is 1. The Morgan fingerprint density at radius 1 is 1.18 bits per heavy atom. The van der Waals surface area contributed by atoms with Gasteiger partial charge in [0.25, 0.3) is 5.91 Å². The van der Waals surface area contributed by atoms with Crippen LogP contribution in [0, 0.1) is 6.92 Å². The lowest BCUT2D eigenvalue weighted by Crippen LogP contribution is -2.29. The van der Waals surface area contributed by atoms with Crippen molar-refractivity contribution in [1.29, 1.82) is 0 Å². The second-order valence-corrected chi connectivity index (χ2v) is 5.90. The molecule has 1 aromatic carbocycles. The fraction of sp³-hybridized carbons (Fsp3) is 0.118. The molecule has 1 amide bonds. The molecule has 110 valence electrons. The van der Waals surface area contributed by atoms with E-state index in [1.54, 1.807) is 17.5 Å². The topological polar surface area (TPSA) is 54.9 Å². The van der Waals surface area contributed by atoms with Crippen molar-refractivity contribution in [2.45, 2.75) is 13.0 Å². The first-order valence-electron chi connectivity index (χ1n) is 6.91. The van der Waals surface area contributed by atoms with Gasteiger partial charge in [0, 0.05) is 17.3 Å². The van der Waals surface area contributed by atoms with Gasteiger partial charge in [0.2, 0.25) is 0 Å². The van der Waals surface area contributed by atoms with Gasteiger partial charge in [0.15, 0.2) is 0 Å². The molecule has 0 fully saturated rings. The van der Waals surface area contributed by atoms with E-state index in [4.69, 9.17) is 0 Å². The molecule has 0 aliphatic carbocycles. The lowest BCUT2D eigenvalue weighted by Gasteiger charge is -2.18. The Hall–Kier alpha value is -2.53. The van der Waals surface area contributed by atoms with Gasteiger partial charge >= 0.3 is 0 Å². The van der Waals surface area contributed by atoms with Gasteiger partial charge in [-0.05, 0) is 23.9 Å². The van der Waals surface area contributed by atoms with Crippen LogP contribution in [0.25, 0.3) is 0 Å². The standard InChI is InChI=1S/C17H15N3OS/c1-12-4-6-13(7-5-12)16(15-3-2-10-22-15)20-17(21)14-11-18-8-9-19-14/h2-11,16H,1H3,(H,20,21)/t16-/m1/s1. The molecule has 2 aromatic heterocycles. The first kappa shape index (κ1) is 14.4. The van der Waals surface area contributed by atoms with Crippen molar-refractivity contribution in [2.24, 2.45) is 0 Å². The van der Waals surface area contributed by atoms with E-state index in [1.165, 1.54) is 18.0 Å². The van der Waals surface area contributed by atoms with Crippen LogP contribution in [-0.4, -0.2) is 15.9 Å². The monoisotopic (exact) mass is 309 g/mol. The SMILES string of the molecule is Cc1ccc([C@@H](NC(=O)c2cnccn2)c2cccs2)cc1. The number of hydrogen-bond acceptors (Lipinski definition) is 4. The Morgan fingerprint density at radius 2 is 2.00 bits per heavy atom. The molecule has 3 rings (SSSR count). The molecule has 22 heavy (non-hydrogen) atoms. The first-order valence-corrected chi connectivity index (χ1v) is 7.79. The van der Waals surface area contributed by atoms with E-state index in [1.807, 2.05) is 48.7 Å². The van der Waals surface area contributed by atoms with Gasteiger partial charge in [-0.25, -0.2) is 4.98 Å². The van der Waals surface area contributed by atoms with Crippen LogP contribution < -0.4 is 5.32 Å². The molecule has 3 aromatic rings. The lowest BCUT2D eigenvalue weighted by atomic mass is 10.0. The van der Waals surface area contributed by atoms with Gasteiger partial charge in [-0.2, -0.15) is 0 Å². The Labute approximate surface area is 132 Å². The summed E-state index contributed by atoms with van der Waals surface area (Å²) >= 11 is 1.62. The zero-order valence-corrected chi connectivity index (χ0v) is 12.9. The number of amides is 1. The molecule has 0 aliphatic heterocycles. The second-order valence-electron chi connectivity index (χ2n) is 4.92. The number of aryl methyl sites for hydroxylation is 1. The number of rotatable bonds is 4. The molecule has 0 saturated carbocycles. The van der Waals surface area contributed by atoms with E-state index in [2.05, 4.69) is 15.3 Å². The van der Waals surface area contributed by atoms with Crippen molar-refractivity contribution in [3.8, 4) is 0 Å².